The fourth-order valence-electron chi connectivity index (χ4n) is 1.39. The predicted molar refractivity (Wildman–Crippen MR) is 64.6 cm³/mol. The Balaban J connectivity index is 2.46. The highest BCUT2D eigenvalue weighted by Crippen LogP contribution is 2.07. The molecule has 5 nitrogen and oxygen atoms in total. The van der Waals surface area contributed by atoms with Gasteiger partial charge in [0.25, 0.3) is 0 Å². The molecule has 1 N–H and O–H groups in total. The Hall–Kier alpha value is -1.20. The predicted octanol–water partition coefficient (Wildman–Crippen LogP) is 0.669. The van der Waals surface area contributed by atoms with Gasteiger partial charge in [0.2, 0.25) is 0 Å². The zero-order valence-electron chi connectivity index (χ0n) is 10.2. The number of ether oxygens (including phenoxy) is 1. The standard InChI is InChI=1S/C11H20N4O/c1-12-9-10-5-6-11(14-13-10)15(2)7-4-8-16-3/h5-6,12H,4,7-9H2,1-3H3. The van der Waals surface area contributed by atoms with E-state index in [0.29, 0.717) is 0 Å². The van der Waals surface area contributed by atoms with Crippen LogP contribution in [0.1, 0.15) is 12.1 Å². The highest BCUT2D eigenvalue weighted by atomic mass is 16.5. The van der Waals surface area contributed by atoms with Gasteiger partial charge >= 0.3 is 0 Å². The molecule has 0 unspecified atom stereocenters. The van der Waals surface area contributed by atoms with Crippen LogP contribution in [0.2, 0.25) is 0 Å². The molecule has 0 atom stereocenters. The topological polar surface area (TPSA) is 50.3 Å². The zero-order chi connectivity index (χ0) is 11.8. The van der Waals surface area contributed by atoms with E-state index >= 15 is 0 Å². The van der Waals surface area contributed by atoms with Crippen LogP contribution in [-0.2, 0) is 11.3 Å². The summed E-state index contributed by atoms with van der Waals surface area (Å²) in [7, 11) is 5.62. The average molecular weight is 224 g/mol. The molecule has 0 aliphatic carbocycles. The molecule has 0 amide bonds. The summed E-state index contributed by atoms with van der Waals surface area (Å²) in [5, 5.41) is 11.3. The van der Waals surface area contributed by atoms with Crippen LogP contribution in [0, 0.1) is 0 Å². The lowest BCUT2D eigenvalue weighted by Gasteiger charge is -2.17. The van der Waals surface area contributed by atoms with Gasteiger partial charge in [0.05, 0.1) is 5.69 Å². The van der Waals surface area contributed by atoms with Gasteiger partial charge in [-0.3, -0.25) is 0 Å². The van der Waals surface area contributed by atoms with Gasteiger partial charge in [0.1, 0.15) is 0 Å². The smallest absolute Gasteiger partial charge is 0.150 e. The molecule has 0 fully saturated rings. The van der Waals surface area contributed by atoms with E-state index in [2.05, 4.69) is 20.4 Å². The van der Waals surface area contributed by atoms with Crippen LogP contribution in [0.3, 0.4) is 0 Å². The van der Waals surface area contributed by atoms with Crippen molar-refractivity contribution < 1.29 is 4.74 Å². The molecule has 5 heteroatoms. The number of anilines is 1. The van der Waals surface area contributed by atoms with Crippen LogP contribution in [-0.4, -0.2) is 44.6 Å². The minimum atomic E-state index is 0.751. The maximum absolute atomic E-state index is 5.01. The molecule has 1 aromatic rings. The molecule has 0 saturated heterocycles. The van der Waals surface area contributed by atoms with Gasteiger partial charge in [-0.15, -0.1) is 5.10 Å². The van der Waals surface area contributed by atoms with Crippen LogP contribution in [0.4, 0.5) is 5.82 Å². The Labute approximate surface area is 96.8 Å². The largest absolute Gasteiger partial charge is 0.385 e. The minimum absolute atomic E-state index is 0.751. The molecule has 0 bridgehead atoms. The summed E-state index contributed by atoms with van der Waals surface area (Å²) in [6, 6.07) is 3.98. The first kappa shape index (κ1) is 12.9. The number of rotatable bonds is 7. The van der Waals surface area contributed by atoms with Crippen LogP contribution in [0.5, 0.6) is 0 Å². The van der Waals surface area contributed by atoms with Crippen molar-refractivity contribution in [3.05, 3.63) is 17.8 Å². The number of hydrogen-bond acceptors (Lipinski definition) is 5. The third-order valence-electron chi connectivity index (χ3n) is 2.30. The molecule has 16 heavy (non-hydrogen) atoms. The fourth-order valence-corrected chi connectivity index (χ4v) is 1.39. The molecular weight excluding hydrogens is 204 g/mol. The Morgan fingerprint density at radius 2 is 2.19 bits per heavy atom. The monoisotopic (exact) mass is 224 g/mol. The number of nitrogens with zero attached hydrogens (tertiary/aromatic N) is 3. The van der Waals surface area contributed by atoms with Crippen molar-refractivity contribution in [2.45, 2.75) is 13.0 Å². The van der Waals surface area contributed by atoms with E-state index in [4.69, 9.17) is 4.74 Å². The Kier molecular flexibility index (Phi) is 5.74. The summed E-state index contributed by atoms with van der Waals surface area (Å²) in [6.07, 6.45) is 0.993. The van der Waals surface area contributed by atoms with Crippen molar-refractivity contribution in [2.75, 3.05) is 39.3 Å². The van der Waals surface area contributed by atoms with E-state index in [9.17, 15) is 0 Å². The van der Waals surface area contributed by atoms with E-state index in [0.717, 1.165) is 37.6 Å². The summed E-state index contributed by atoms with van der Waals surface area (Å²) >= 11 is 0. The molecule has 0 spiro atoms. The molecule has 0 aliphatic heterocycles. The third kappa shape index (κ3) is 4.12. The molecule has 90 valence electrons. The molecule has 1 heterocycles. The molecule has 0 saturated carbocycles. The van der Waals surface area contributed by atoms with Crippen LogP contribution in [0.15, 0.2) is 12.1 Å². The van der Waals surface area contributed by atoms with Crippen molar-refractivity contribution in [1.82, 2.24) is 15.5 Å². The molecule has 0 aliphatic rings. The highest BCUT2D eigenvalue weighted by molar-refractivity contribution is 5.35. The van der Waals surface area contributed by atoms with Gasteiger partial charge in [-0.25, -0.2) is 0 Å². The summed E-state index contributed by atoms with van der Waals surface area (Å²) < 4.78 is 5.01. The fraction of sp³-hybridized carbons (Fsp3) is 0.636. The lowest BCUT2D eigenvalue weighted by molar-refractivity contribution is 0.196. The second-order valence-electron chi connectivity index (χ2n) is 3.68. The molecule has 0 radical (unpaired) electrons. The number of methoxy groups -OCH3 is 1. The molecule has 0 aromatic carbocycles. The van der Waals surface area contributed by atoms with Gasteiger partial charge in [0, 0.05) is 33.9 Å². The molecular formula is C11H20N4O. The summed E-state index contributed by atoms with van der Waals surface area (Å²) in [5.74, 6) is 0.899. The Morgan fingerprint density at radius 1 is 1.38 bits per heavy atom. The molecule has 1 rings (SSSR count). The van der Waals surface area contributed by atoms with Crippen LogP contribution >= 0.6 is 0 Å². The number of nitrogens with one attached hydrogen (secondary N) is 1. The Morgan fingerprint density at radius 3 is 2.75 bits per heavy atom. The average Bonchev–Trinajstić information content (AvgIpc) is 2.30. The second kappa shape index (κ2) is 7.14. The van der Waals surface area contributed by atoms with Gasteiger partial charge < -0.3 is 15.0 Å². The van der Waals surface area contributed by atoms with Crippen molar-refractivity contribution in [3.8, 4) is 0 Å². The van der Waals surface area contributed by atoms with E-state index in [-0.39, 0.29) is 0 Å². The maximum atomic E-state index is 5.01. The lowest BCUT2D eigenvalue weighted by atomic mass is 10.3. The quantitative estimate of drug-likeness (QED) is 0.690. The number of aromatic nitrogens is 2. The van der Waals surface area contributed by atoms with Crippen molar-refractivity contribution in [2.24, 2.45) is 0 Å². The minimum Gasteiger partial charge on any atom is -0.385 e. The van der Waals surface area contributed by atoms with Crippen LogP contribution < -0.4 is 10.2 Å². The first-order chi connectivity index (χ1) is 7.77. The SMILES string of the molecule is CNCc1ccc(N(C)CCCOC)nn1. The normalized spacial score (nSPS) is 10.4. The van der Waals surface area contributed by atoms with E-state index in [1.165, 1.54) is 0 Å². The molecule has 1 aromatic heterocycles. The highest BCUT2D eigenvalue weighted by Gasteiger charge is 2.02. The van der Waals surface area contributed by atoms with E-state index < -0.39 is 0 Å². The lowest BCUT2D eigenvalue weighted by Crippen LogP contribution is -2.21. The first-order valence-electron chi connectivity index (χ1n) is 5.45. The summed E-state index contributed by atoms with van der Waals surface area (Å²) in [6.45, 7) is 2.45. The Bertz CT molecular complexity index is 289. The van der Waals surface area contributed by atoms with Gasteiger partial charge in [-0.2, -0.15) is 5.10 Å². The maximum Gasteiger partial charge on any atom is 0.150 e. The zero-order valence-corrected chi connectivity index (χ0v) is 10.2. The number of hydrogen-bond donors (Lipinski definition) is 1. The van der Waals surface area contributed by atoms with E-state index in [1.54, 1.807) is 7.11 Å². The summed E-state index contributed by atoms with van der Waals surface area (Å²) in [5.41, 5.74) is 0.955. The van der Waals surface area contributed by atoms with Gasteiger partial charge in [0.15, 0.2) is 5.82 Å². The van der Waals surface area contributed by atoms with Crippen molar-refractivity contribution >= 4 is 5.82 Å². The van der Waals surface area contributed by atoms with E-state index in [1.807, 2.05) is 26.2 Å². The first-order valence-corrected chi connectivity index (χ1v) is 5.45. The van der Waals surface area contributed by atoms with Crippen molar-refractivity contribution in [3.63, 3.8) is 0 Å². The van der Waals surface area contributed by atoms with Gasteiger partial charge in [-0.1, -0.05) is 0 Å². The van der Waals surface area contributed by atoms with Crippen LogP contribution in [0.25, 0.3) is 0 Å². The van der Waals surface area contributed by atoms with Crippen molar-refractivity contribution in [1.29, 1.82) is 0 Å². The second-order valence-corrected chi connectivity index (χ2v) is 3.68. The summed E-state index contributed by atoms with van der Waals surface area (Å²) in [4.78, 5) is 2.08. The van der Waals surface area contributed by atoms with Gasteiger partial charge in [-0.05, 0) is 25.6 Å². The third-order valence-corrected chi connectivity index (χ3v) is 2.30.